The maximum atomic E-state index is 13.2. The van der Waals surface area contributed by atoms with Crippen LogP contribution in [0.25, 0.3) is 5.65 Å². The van der Waals surface area contributed by atoms with Gasteiger partial charge in [-0.2, -0.15) is 17.7 Å². The average Bonchev–Trinajstić information content (AvgIpc) is 3.37. The van der Waals surface area contributed by atoms with Crippen molar-refractivity contribution in [2.75, 3.05) is 31.1 Å². The lowest BCUT2D eigenvalue weighted by Gasteiger charge is -2.38. The molecule has 1 amide bonds. The van der Waals surface area contributed by atoms with Crippen molar-refractivity contribution in [1.82, 2.24) is 30.0 Å². The van der Waals surface area contributed by atoms with Gasteiger partial charge in [0.15, 0.2) is 11.5 Å². The van der Waals surface area contributed by atoms with Crippen LogP contribution >= 0.6 is 0 Å². The molecule has 0 spiro atoms. The number of aryl methyl sites for hydroxylation is 1. The maximum Gasteiger partial charge on any atom is 0.453 e. The minimum absolute atomic E-state index is 0.0341. The molecule has 1 aliphatic heterocycles. The fourth-order valence-corrected chi connectivity index (χ4v) is 3.63. The molecule has 0 bridgehead atoms. The van der Waals surface area contributed by atoms with Crippen LogP contribution in [0.5, 0.6) is 0 Å². The number of halogens is 3. The zero-order valence-electron chi connectivity index (χ0n) is 16.6. The van der Waals surface area contributed by atoms with Gasteiger partial charge in [0.05, 0.1) is 6.04 Å². The number of carbonyl (C=O) groups is 1. The van der Waals surface area contributed by atoms with Crippen molar-refractivity contribution in [2.24, 2.45) is 0 Å². The summed E-state index contributed by atoms with van der Waals surface area (Å²) < 4.78 is 40.5. The lowest BCUT2D eigenvalue weighted by atomic mass is 10.1. The topological polar surface area (TPSA) is 78.7 Å². The number of carbonyl (C=O) groups excluding carboxylic acids is 1. The molecule has 158 valence electrons. The molecule has 8 nitrogen and oxygen atoms in total. The summed E-state index contributed by atoms with van der Waals surface area (Å²) in [6.07, 6.45) is -2.54. The van der Waals surface area contributed by atoms with Crippen LogP contribution in [0.4, 0.5) is 19.0 Å². The van der Waals surface area contributed by atoms with Crippen LogP contribution in [0.1, 0.15) is 36.7 Å². The predicted molar refractivity (Wildman–Crippen MR) is 99.7 cm³/mol. The Balaban J connectivity index is 1.53. The van der Waals surface area contributed by atoms with Crippen LogP contribution in [-0.2, 0) is 11.0 Å². The lowest BCUT2D eigenvalue weighted by molar-refractivity contribution is -0.146. The summed E-state index contributed by atoms with van der Waals surface area (Å²) in [5, 5.41) is 14.2. The second kappa shape index (κ2) is 7.12. The summed E-state index contributed by atoms with van der Waals surface area (Å²) in [7, 11) is 0. The molecule has 1 atom stereocenters. The first kappa shape index (κ1) is 19.9. The van der Waals surface area contributed by atoms with Crippen molar-refractivity contribution in [3.8, 4) is 0 Å². The summed E-state index contributed by atoms with van der Waals surface area (Å²) in [4.78, 5) is 16.3. The normalized spacial score (nSPS) is 19.6. The average molecular weight is 411 g/mol. The van der Waals surface area contributed by atoms with E-state index in [0.717, 1.165) is 22.9 Å². The van der Waals surface area contributed by atoms with Gasteiger partial charge in [0.2, 0.25) is 5.91 Å². The Hall–Kier alpha value is -2.43. The molecular weight excluding hydrogens is 387 g/mol. The Bertz CT molecular complexity index is 930. The monoisotopic (exact) mass is 411 g/mol. The van der Waals surface area contributed by atoms with E-state index in [9.17, 15) is 18.0 Å². The van der Waals surface area contributed by atoms with Gasteiger partial charge in [-0.15, -0.1) is 15.3 Å². The highest BCUT2D eigenvalue weighted by atomic mass is 19.4. The molecule has 29 heavy (non-hydrogen) atoms. The number of rotatable bonds is 4. The van der Waals surface area contributed by atoms with Crippen molar-refractivity contribution in [1.29, 1.82) is 0 Å². The molecule has 11 heteroatoms. The van der Waals surface area contributed by atoms with Gasteiger partial charge < -0.3 is 10.2 Å². The van der Waals surface area contributed by atoms with E-state index in [1.165, 1.54) is 0 Å². The quantitative estimate of drug-likeness (QED) is 0.823. The molecule has 1 saturated heterocycles. The Kier molecular flexibility index (Phi) is 4.88. The predicted octanol–water partition coefficient (Wildman–Crippen LogP) is 1.55. The van der Waals surface area contributed by atoms with Crippen molar-refractivity contribution in [3.05, 3.63) is 17.0 Å². The zero-order chi connectivity index (χ0) is 20.9. The van der Waals surface area contributed by atoms with Crippen LogP contribution in [0, 0.1) is 13.8 Å². The highest BCUT2D eigenvalue weighted by Gasteiger charge is 2.38. The first-order chi connectivity index (χ1) is 13.7. The molecule has 2 aliphatic rings. The van der Waals surface area contributed by atoms with Crippen LogP contribution < -0.4 is 10.2 Å². The molecule has 2 aromatic rings. The third-order valence-corrected chi connectivity index (χ3v) is 5.79. The lowest BCUT2D eigenvalue weighted by Crippen LogP contribution is -2.54. The number of hydrogen-bond acceptors (Lipinski definition) is 6. The molecule has 1 N–H and O–H groups in total. The Morgan fingerprint density at radius 2 is 1.76 bits per heavy atom. The number of aromatic nitrogens is 4. The van der Waals surface area contributed by atoms with Crippen molar-refractivity contribution < 1.29 is 18.0 Å². The van der Waals surface area contributed by atoms with Gasteiger partial charge in [-0.05, 0) is 33.6 Å². The molecule has 0 radical (unpaired) electrons. The van der Waals surface area contributed by atoms with Gasteiger partial charge >= 0.3 is 6.18 Å². The van der Waals surface area contributed by atoms with Gasteiger partial charge in [-0.3, -0.25) is 9.69 Å². The molecule has 1 saturated carbocycles. The van der Waals surface area contributed by atoms with E-state index in [2.05, 4.69) is 25.5 Å². The number of piperazine rings is 1. The molecule has 0 aromatic carbocycles. The van der Waals surface area contributed by atoms with Crippen LogP contribution in [-0.4, -0.2) is 68.9 Å². The molecule has 1 aliphatic carbocycles. The zero-order valence-corrected chi connectivity index (χ0v) is 16.6. The van der Waals surface area contributed by atoms with E-state index in [0.29, 0.717) is 43.6 Å². The summed E-state index contributed by atoms with van der Waals surface area (Å²) in [6.45, 7) is 7.85. The number of nitrogens with zero attached hydrogens (tertiary/aromatic N) is 6. The highest BCUT2D eigenvalue weighted by molar-refractivity contribution is 5.81. The summed E-state index contributed by atoms with van der Waals surface area (Å²) in [5.41, 5.74) is 1.52. The van der Waals surface area contributed by atoms with E-state index in [1.54, 1.807) is 6.92 Å². The number of fused-ring (bicyclic) bond motifs is 1. The third-order valence-electron chi connectivity index (χ3n) is 5.79. The van der Waals surface area contributed by atoms with Crippen molar-refractivity contribution >= 4 is 17.4 Å². The Labute approximate surface area is 166 Å². The van der Waals surface area contributed by atoms with Crippen LogP contribution in [0.2, 0.25) is 0 Å². The van der Waals surface area contributed by atoms with Gasteiger partial charge in [0, 0.05) is 43.3 Å². The van der Waals surface area contributed by atoms with E-state index < -0.39 is 12.0 Å². The number of nitrogens with one attached hydrogen (secondary N) is 1. The second-order valence-corrected chi connectivity index (χ2v) is 7.81. The number of amides is 1. The van der Waals surface area contributed by atoms with E-state index in [4.69, 9.17) is 0 Å². The fraction of sp³-hybridized carbons (Fsp3) is 0.667. The van der Waals surface area contributed by atoms with Crippen LogP contribution in [0.3, 0.4) is 0 Å². The summed E-state index contributed by atoms with van der Waals surface area (Å²) >= 11 is 0. The SMILES string of the molecule is Cc1c(N2CCN(C(C)C(=O)NC3CC3)CC2)nn2c(C(F)(F)F)nnc2c1C. The van der Waals surface area contributed by atoms with E-state index >= 15 is 0 Å². The number of hydrogen-bond donors (Lipinski definition) is 1. The van der Waals surface area contributed by atoms with Gasteiger partial charge in [-0.25, -0.2) is 0 Å². The molecule has 2 aromatic heterocycles. The minimum Gasteiger partial charge on any atom is -0.352 e. The highest BCUT2D eigenvalue weighted by Crippen LogP contribution is 2.31. The van der Waals surface area contributed by atoms with Gasteiger partial charge in [0.25, 0.3) is 5.82 Å². The van der Waals surface area contributed by atoms with E-state index in [-0.39, 0.29) is 17.6 Å². The van der Waals surface area contributed by atoms with Crippen LogP contribution in [0.15, 0.2) is 0 Å². The Morgan fingerprint density at radius 1 is 1.10 bits per heavy atom. The molecule has 4 rings (SSSR count). The van der Waals surface area contributed by atoms with E-state index in [1.807, 2.05) is 18.7 Å². The van der Waals surface area contributed by atoms with Crippen molar-refractivity contribution in [2.45, 2.75) is 51.9 Å². The number of anilines is 1. The smallest absolute Gasteiger partial charge is 0.352 e. The summed E-state index contributed by atoms with van der Waals surface area (Å²) in [5.74, 6) is -0.595. The first-order valence-electron chi connectivity index (χ1n) is 9.76. The van der Waals surface area contributed by atoms with Gasteiger partial charge in [0.1, 0.15) is 0 Å². The fourth-order valence-electron chi connectivity index (χ4n) is 3.63. The molecule has 2 fully saturated rings. The molecule has 3 heterocycles. The first-order valence-corrected chi connectivity index (χ1v) is 9.76. The maximum absolute atomic E-state index is 13.2. The second-order valence-electron chi connectivity index (χ2n) is 7.81. The standard InChI is InChI=1S/C18H24F3N7O/c1-10-11(2)15(25-28-14(10)23-24-17(28)18(19,20)21)27-8-6-26(7-9-27)12(3)16(29)22-13-4-5-13/h12-13H,4-9H2,1-3H3,(H,22,29). The van der Waals surface area contributed by atoms with Gasteiger partial charge in [-0.1, -0.05) is 0 Å². The number of alkyl halides is 3. The third kappa shape index (κ3) is 3.75. The molecule has 1 unspecified atom stereocenters. The largest absolute Gasteiger partial charge is 0.453 e. The Morgan fingerprint density at radius 3 is 2.34 bits per heavy atom. The minimum atomic E-state index is -4.63. The summed E-state index contributed by atoms with van der Waals surface area (Å²) in [6, 6.07) is 0.0881. The van der Waals surface area contributed by atoms with Crippen molar-refractivity contribution in [3.63, 3.8) is 0 Å². The molecular formula is C18H24F3N7O.